The number of aliphatic hydroxyl groups excluding tert-OH is 1. The van der Waals surface area contributed by atoms with Crippen LogP contribution in [0.15, 0.2) is 0 Å². The first-order chi connectivity index (χ1) is 6.90. The first-order valence-electron chi connectivity index (χ1n) is 4.84. The molecule has 88 valence electrons. The summed E-state index contributed by atoms with van der Waals surface area (Å²) < 4.78 is 0. The van der Waals surface area contributed by atoms with Crippen LogP contribution in [-0.4, -0.2) is 40.8 Å². The minimum absolute atomic E-state index is 0.0203. The normalized spacial score (nSPS) is 16.5. The number of aliphatic carboxylic acids is 1. The van der Waals surface area contributed by atoms with E-state index < -0.39 is 24.0 Å². The molecule has 0 aromatic carbocycles. The molecule has 0 rings (SSSR count). The number of nitrogens with one attached hydrogen (secondary N) is 1. The fraction of sp³-hybridized carbons (Fsp3) is 0.778. The molecule has 0 radical (unpaired) electrons. The minimum atomic E-state index is -1.59. The van der Waals surface area contributed by atoms with Gasteiger partial charge in [0.15, 0.2) is 6.10 Å². The standard InChI is InChI=1S/C9H18N2O4/c1-3-5(2)7(10)8(13)11-4-6(12)9(14)15/h5-7,12H,3-4,10H2,1-2H3,(H,11,13)(H,14,15)/t5-,6-,7-/m0/s1. The highest BCUT2D eigenvalue weighted by atomic mass is 16.4. The van der Waals surface area contributed by atoms with Crippen LogP contribution in [0.25, 0.3) is 0 Å². The zero-order valence-electron chi connectivity index (χ0n) is 8.93. The Morgan fingerprint density at radius 1 is 1.47 bits per heavy atom. The quantitative estimate of drug-likeness (QED) is 0.453. The number of carbonyl (C=O) groups excluding carboxylic acids is 1. The second-order valence-electron chi connectivity index (χ2n) is 3.51. The van der Waals surface area contributed by atoms with Crippen molar-refractivity contribution in [2.45, 2.75) is 32.4 Å². The van der Waals surface area contributed by atoms with E-state index in [-0.39, 0.29) is 12.5 Å². The van der Waals surface area contributed by atoms with Crippen LogP contribution in [0.5, 0.6) is 0 Å². The Labute approximate surface area is 88.5 Å². The Hall–Kier alpha value is -1.14. The third-order valence-electron chi connectivity index (χ3n) is 2.31. The van der Waals surface area contributed by atoms with Gasteiger partial charge in [0.1, 0.15) is 0 Å². The Morgan fingerprint density at radius 2 is 2.00 bits per heavy atom. The smallest absolute Gasteiger partial charge is 0.334 e. The Morgan fingerprint density at radius 3 is 2.40 bits per heavy atom. The number of carbonyl (C=O) groups is 2. The van der Waals surface area contributed by atoms with Gasteiger partial charge in [0, 0.05) is 0 Å². The highest BCUT2D eigenvalue weighted by molar-refractivity contribution is 5.82. The topological polar surface area (TPSA) is 113 Å². The maximum absolute atomic E-state index is 11.3. The molecule has 1 amide bonds. The molecule has 0 bridgehead atoms. The van der Waals surface area contributed by atoms with Gasteiger partial charge in [-0.3, -0.25) is 4.79 Å². The summed E-state index contributed by atoms with van der Waals surface area (Å²) in [5.74, 6) is -1.79. The molecule has 0 saturated heterocycles. The lowest BCUT2D eigenvalue weighted by Crippen LogP contribution is -2.47. The number of rotatable bonds is 6. The molecule has 0 unspecified atom stereocenters. The lowest BCUT2D eigenvalue weighted by molar-refractivity contribution is -0.146. The average molecular weight is 218 g/mol. The number of amides is 1. The molecular formula is C9H18N2O4. The van der Waals surface area contributed by atoms with Crippen molar-refractivity contribution in [2.75, 3.05) is 6.54 Å². The predicted octanol–water partition coefficient (Wildman–Crippen LogP) is -1.08. The summed E-state index contributed by atoms with van der Waals surface area (Å²) in [5, 5.41) is 19.5. The number of aliphatic hydroxyl groups is 1. The Bertz CT molecular complexity index is 232. The SMILES string of the molecule is CC[C@H](C)[C@H](N)C(=O)NC[C@H](O)C(=O)O. The van der Waals surface area contributed by atoms with Crippen LogP contribution in [0.1, 0.15) is 20.3 Å². The second-order valence-corrected chi connectivity index (χ2v) is 3.51. The van der Waals surface area contributed by atoms with Gasteiger partial charge in [-0.05, 0) is 5.92 Å². The van der Waals surface area contributed by atoms with Gasteiger partial charge in [-0.1, -0.05) is 20.3 Å². The van der Waals surface area contributed by atoms with E-state index in [1.807, 2.05) is 13.8 Å². The molecule has 0 fully saturated rings. The maximum Gasteiger partial charge on any atom is 0.334 e. The molecule has 0 heterocycles. The highest BCUT2D eigenvalue weighted by Gasteiger charge is 2.21. The van der Waals surface area contributed by atoms with Crippen molar-refractivity contribution in [1.82, 2.24) is 5.32 Å². The van der Waals surface area contributed by atoms with Crippen LogP contribution >= 0.6 is 0 Å². The van der Waals surface area contributed by atoms with Gasteiger partial charge in [-0.15, -0.1) is 0 Å². The van der Waals surface area contributed by atoms with E-state index in [4.69, 9.17) is 15.9 Å². The highest BCUT2D eigenvalue weighted by Crippen LogP contribution is 2.04. The molecule has 0 aromatic heterocycles. The van der Waals surface area contributed by atoms with Crippen LogP contribution in [-0.2, 0) is 9.59 Å². The lowest BCUT2D eigenvalue weighted by Gasteiger charge is -2.18. The molecular weight excluding hydrogens is 200 g/mol. The van der Waals surface area contributed by atoms with Gasteiger partial charge in [0.2, 0.25) is 5.91 Å². The van der Waals surface area contributed by atoms with E-state index in [0.717, 1.165) is 6.42 Å². The van der Waals surface area contributed by atoms with Gasteiger partial charge in [0.25, 0.3) is 0 Å². The minimum Gasteiger partial charge on any atom is -0.479 e. The largest absolute Gasteiger partial charge is 0.479 e. The summed E-state index contributed by atoms with van der Waals surface area (Å²) >= 11 is 0. The molecule has 15 heavy (non-hydrogen) atoms. The first-order valence-corrected chi connectivity index (χ1v) is 4.84. The number of hydrogen-bond acceptors (Lipinski definition) is 4. The molecule has 0 aliphatic rings. The number of nitrogens with two attached hydrogens (primary N) is 1. The van der Waals surface area contributed by atoms with Crippen molar-refractivity contribution in [1.29, 1.82) is 0 Å². The van der Waals surface area contributed by atoms with Crippen LogP contribution in [0.3, 0.4) is 0 Å². The van der Waals surface area contributed by atoms with Crippen molar-refractivity contribution >= 4 is 11.9 Å². The van der Waals surface area contributed by atoms with E-state index in [1.54, 1.807) is 0 Å². The molecule has 0 aliphatic carbocycles. The van der Waals surface area contributed by atoms with Gasteiger partial charge in [-0.2, -0.15) is 0 Å². The average Bonchev–Trinajstić information content (AvgIpc) is 2.22. The Balaban J connectivity index is 3.98. The molecule has 3 atom stereocenters. The van der Waals surface area contributed by atoms with Gasteiger partial charge in [0.05, 0.1) is 12.6 Å². The lowest BCUT2D eigenvalue weighted by atomic mass is 9.99. The van der Waals surface area contributed by atoms with Crippen molar-refractivity contribution in [2.24, 2.45) is 11.7 Å². The van der Waals surface area contributed by atoms with Gasteiger partial charge < -0.3 is 21.3 Å². The van der Waals surface area contributed by atoms with Crippen molar-refractivity contribution in [3.05, 3.63) is 0 Å². The van der Waals surface area contributed by atoms with Crippen LogP contribution in [0, 0.1) is 5.92 Å². The summed E-state index contributed by atoms with van der Waals surface area (Å²) in [5.41, 5.74) is 5.59. The summed E-state index contributed by atoms with van der Waals surface area (Å²) in [6.45, 7) is 3.42. The summed E-state index contributed by atoms with van der Waals surface area (Å²) in [6.07, 6.45) is -0.825. The zero-order chi connectivity index (χ0) is 12.0. The van der Waals surface area contributed by atoms with Crippen LogP contribution < -0.4 is 11.1 Å². The fourth-order valence-electron chi connectivity index (χ4n) is 0.915. The maximum atomic E-state index is 11.3. The summed E-state index contributed by atoms with van der Waals surface area (Å²) in [6, 6.07) is -0.670. The molecule has 6 heteroatoms. The van der Waals surface area contributed by atoms with E-state index in [0.29, 0.717) is 0 Å². The van der Waals surface area contributed by atoms with Gasteiger partial charge in [-0.25, -0.2) is 4.79 Å². The molecule has 0 aromatic rings. The summed E-state index contributed by atoms with van der Waals surface area (Å²) in [7, 11) is 0. The molecule has 0 spiro atoms. The number of carboxylic acids is 1. The Kier molecular flexibility index (Phi) is 5.88. The zero-order valence-corrected chi connectivity index (χ0v) is 8.93. The fourth-order valence-corrected chi connectivity index (χ4v) is 0.915. The predicted molar refractivity (Wildman–Crippen MR) is 54.1 cm³/mol. The summed E-state index contributed by atoms with van der Waals surface area (Å²) in [4.78, 5) is 21.6. The van der Waals surface area contributed by atoms with Crippen molar-refractivity contribution in [3.8, 4) is 0 Å². The van der Waals surface area contributed by atoms with Crippen LogP contribution in [0.4, 0.5) is 0 Å². The molecule has 6 nitrogen and oxygen atoms in total. The van der Waals surface area contributed by atoms with E-state index in [1.165, 1.54) is 0 Å². The van der Waals surface area contributed by atoms with E-state index in [2.05, 4.69) is 5.32 Å². The molecule has 0 aliphatic heterocycles. The van der Waals surface area contributed by atoms with E-state index >= 15 is 0 Å². The molecule has 5 N–H and O–H groups in total. The number of carboxylic acid groups (broad SMARTS) is 1. The number of hydrogen-bond donors (Lipinski definition) is 4. The monoisotopic (exact) mass is 218 g/mol. The van der Waals surface area contributed by atoms with Crippen molar-refractivity contribution < 1.29 is 19.8 Å². The van der Waals surface area contributed by atoms with Crippen molar-refractivity contribution in [3.63, 3.8) is 0 Å². The first kappa shape index (κ1) is 13.9. The third-order valence-corrected chi connectivity index (χ3v) is 2.31. The molecule has 0 saturated carbocycles. The van der Waals surface area contributed by atoms with Gasteiger partial charge >= 0.3 is 5.97 Å². The third kappa shape index (κ3) is 4.75. The van der Waals surface area contributed by atoms with Crippen LogP contribution in [0.2, 0.25) is 0 Å². The second kappa shape index (κ2) is 6.36. The van der Waals surface area contributed by atoms with E-state index in [9.17, 15) is 9.59 Å².